The highest BCUT2D eigenvalue weighted by molar-refractivity contribution is 9.10. The molecule has 0 spiro atoms. The number of nitrogens with one attached hydrogen (secondary N) is 1. The van der Waals surface area contributed by atoms with Crippen molar-refractivity contribution in [2.24, 2.45) is 0 Å². The number of anilines is 2. The van der Waals surface area contributed by atoms with E-state index in [1.165, 1.54) is 0 Å². The van der Waals surface area contributed by atoms with Gasteiger partial charge in [-0.3, -0.25) is 0 Å². The van der Waals surface area contributed by atoms with E-state index >= 15 is 0 Å². The van der Waals surface area contributed by atoms with E-state index < -0.39 is 6.10 Å². The maximum Gasteiger partial charge on any atom is 0.144 e. The molecule has 2 rings (SSSR count). The molecule has 1 heterocycles. The highest BCUT2D eigenvalue weighted by atomic mass is 79.9. The van der Waals surface area contributed by atoms with Crippen LogP contribution < -0.4 is 10.1 Å². The molecule has 1 atom stereocenters. The number of aromatic nitrogens is 1. The van der Waals surface area contributed by atoms with Crippen LogP contribution in [0.5, 0.6) is 5.75 Å². The molecule has 0 saturated carbocycles. The van der Waals surface area contributed by atoms with Crippen LogP contribution in [-0.4, -0.2) is 48.3 Å². The summed E-state index contributed by atoms with van der Waals surface area (Å²) in [6, 6.07) is 7.26. The summed E-state index contributed by atoms with van der Waals surface area (Å²) in [5, 5.41) is 13.8. The van der Waals surface area contributed by atoms with Crippen molar-refractivity contribution in [1.29, 1.82) is 0 Å². The van der Waals surface area contributed by atoms with Gasteiger partial charge in [0.1, 0.15) is 24.3 Å². The van der Waals surface area contributed by atoms with E-state index in [4.69, 9.17) is 16.3 Å². The molecule has 0 aliphatic heterocycles. The molecule has 0 amide bonds. The summed E-state index contributed by atoms with van der Waals surface area (Å²) in [4.78, 5) is 6.27. The Hall–Kier alpha value is -1.34. The van der Waals surface area contributed by atoms with Gasteiger partial charge >= 0.3 is 0 Å². The van der Waals surface area contributed by atoms with Crippen LogP contribution in [0, 0.1) is 6.92 Å². The van der Waals surface area contributed by atoms with Gasteiger partial charge in [-0.2, -0.15) is 0 Å². The van der Waals surface area contributed by atoms with Crippen LogP contribution in [0.15, 0.2) is 34.9 Å². The van der Waals surface area contributed by atoms with Crippen molar-refractivity contribution < 1.29 is 9.84 Å². The van der Waals surface area contributed by atoms with Crippen LogP contribution in [0.25, 0.3) is 0 Å². The molecule has 28 heavy (non-hydrogen) atoms. The van der Waals surface area contributed by atoms with E-state index in [1.54, 1.807) is 24.4 Å². The van der Waals surface area contributed by atoms with Gasteiger partial charge in [-0.05, 0) is 66.8 Å². The Labute approximate surface area is 183 Å². The highest BCUT2D eigenvalue weighted by Crippen LogP contribution is 2.32. The molecule has 0 fully saturated rings. The van der Waals surface area contributed by atoms with Crippen LogP contribution in [0.2, 0.25) is 5.02 Å². The Morgan fingerprint density at radius 3 is 2.43 bits per heavy atom. The zero-order valence-electron chi connectivity index (χ0n) is 17.9. The topological polar surface area (TPSA) is 57.6 Å². The van der Waals surface area contributed by atoms with Crippen LogP contribution in [0.1, 0.15) is 33.3 Å². The third-order valence-corrected chi connectivity index (χ3v) is 4.02. The van der Waals surface area contributed by atoms with E-state index in [2.05, 4.69) is 26.2 Å². The first kappa shape index (κ1) is 26.7. The lowest BCUT2D eigenvalue weighted by molar-refractivity contribution is 0.0834. The molecule has 0 radical (unpaired) electrons. The van der Waals surface area contributed by atoms with Gasteiger partial charge < -0.3 is 20.1 Å². The fourth-order valence-corrected chi connectivity index (χ4v) is 2.87. The second-order valence-electron chi connectivity index (χ2n) is 5.84. The molecule has 2 aromatic rings. The monoisotopic (exact) mass is 473 g/mol. The van der Waals surface area contributed by atoms with Gasteiger partial charge in [0, 0.05) is 17.8 Å². The number of aryl methyl sites for hydroxylation is 1. The van der Waals surface area contributed by atoms with Gasteiger partial charge in [0.05, 0.1) is 10.2 Å². The number of halogens is 2. The first-order chi connectivity index (χ1) is 13.3. The Morgan fingerprint density at radius 2 is 1.86 bits per heavy atom. The number of hydrogen-bond acceptors (Lipinski definition) is 5. The summed E-state index contributed by atoms with van der Waals surface area (Å²) >= 11 is 9.59. The highest BCUT2D eigenvalue weighted by Gasteiger charge is 2.11. The maximum atomic E-state index is 9.96. The molecule has 1 aromatic carbocycles. The summed E-state index contributed by atoms with van der Waals surface area (Å²) in [6.07, 6.45) is 1.20. The average molecular weight is 475 g/mol. The van der Waals surface area contributed by atoms with Crippen LogP contribution >= 0.6 is 27.5 Å². The molecule has 158 valence electrons. The maximum absolute atomic E-state index is 9.96. The van der Waals surface area contributed by atoms with Gasteiger partial charge in [-0.1, -0.05) is 39.3 Å². The molecule has 7 heteroatoms. The fourth-order valence-electron chi connectivity index (χ4n) is 2.14. The van der Waals surface area contributed by atoms with Gasteiger partial charge in [-0.15, -0.1) is 0 Å². The molecular weight excluding hydrogens is 442 g/mol. The third kappa shape index (κ3) is 9.73. The van der Waals surface area contributed by atoms with E-state index in [1.807, 2.05) is 59.7 Å². The van der Waals surface area contributed by atoms with Gasteiger partial charge in [0.2, 0.25) is 0 Å². The number of nitrogens with zero attached hydrogens (tertiary/aromatic N) is 2. The van der Waals surface area contributed by atoms with E-state index in [9.17, 15) is 5.11 Å². The van der Waals surface area contributed by atoms with Crippen LogP contribution in [0.3, 0.4) is 0 Å². The van der Waals surface area contributed by atoms with Gasteiger partial charge in [0.25, 0.3) is 0 Å². The minimum Gasteiger partial charge on any atom is -0.489 e. The molecule has 5 nitrogen and oxygen atoms in total. The predicted octanol–water partition coefficient (Wildman–Crippen LogP) is 5.90. The molecule has 0 bridgehead atoms. The van der Waals surface area contributed by atoms with Crippen molar-refractivity contribution in [3.05, 3.63) is 45.5 Å². The Bertz CT molecular complexity index is 699. The molecule has 1 aromatic heterocycles. The summed E-state index contributed by atoms with van der Waals surface area (Å²) in [6.45, 7) is 10.7. The standard InChI is InChI=1S/C17H21BrClN3O2.2C2H6/c1-11-6-14(18)17(20-8-11)21-15-7-12(19)4-5-16(15)24-10-13(23)9-22(2)3;2*1-2/h4-8,13,23H,9-10H2,1-3H3,(H,20,21);2*1-2H3. The normalized spacial score (nSPS) is 11.0. The quantitative estimate of drug-likeness (QED) is 0.523. The smallest absolute Gasteiger partial charge is 0.144 e. The van der Waals surface area contributed by atoms with Crippen LogP contribution in [0.4, 0.5) is 11.5 Å². The molecule has 0 saturated heterocycles. The summed E-state index contributed by atoms with van der Waals surface area (Å²) in [7, 11) is 3.80. The predicted molar refractivity (Wildman–Crippen MR) is 124 cm³/mol. The first-order valence-electron chi connectivity index (χ1n) is 9.49. The van der Waals surface area contributed by atoms with E-state index in [0.29, 0.717) is 28.8 Å². The molecule has 2 N–H and O–H groups in total. The van der Waals surface area contributed by atoms with Gasteiger partial charge in [-0.25, -0.2) is 4.98 Å². The molecule has 0 aliphatic rings. The second-order valence-corrected chi connectivity index (χ2v) is 7.13. The molecule has 0 aliphatic carbocycles. The van der Waals surface area contributed by atoms with Crippen molar-refractivity contribution in [2.45, 2.75) is 40.7 Å². The van der Waals surface area contributed by atoms with Crippen molar-refractivity contribution in [1.82, 2.24) is 9.88 Å². The zero-order valence-corrected chi connectivity index (χ0v) is 20.2. The van der Waals surface area contributed by atoms with Crippen molar-refractivity contribution in [2.75, 3.05) is 32.6 Å². The number of aliphatic hydroxyl groups is 1. The fraction of sp³-hybridized carbons (Fsp3) is 0.476. The largest absolute Gasteiger partial charge is 0.489 e. The van der Waals surface area contributed by atoms with Crippen molar-refractivity contribution in [3.63, 3.8) is 0 Å². The first-order valence-corrected chi connectivity index (χ1v) is 10.7. The lowest BCUT2D eigenvalue weighted by atomic mass is 10.2. The number of pyridine rings is 1. The second kappa shape index (κ2) is 14.6. The van der Waals surface area contributed by atoms with Crippen LogP contribution in [-0.2, 0) is 0 Å². The minimum absolute atomic E-state index is 0.191. The summed E-state index contributed by atoms with van der Waals surface area (Å²) < 4.78 is 6.60. The number of hydrogen-bond donors (Lipinski definition) is 2. The lowest BCUT2D eigenvalue weighted by Gasteiger charge is -2.18. The Morgan fingerprint density at radius 1 is 1.21 bits per heavy atom. The Kier molecular flexibility index (Phi) is 13.9. The minimum atomic E-state index is -0.576. The third-order valence-electron chi connectivity index (χ3n) is 3.18. The Balaban J connectivity index is 0.00000171. The summed E-state index contributed by atoms with van der Waals surface area (Å²) in [5.41, 5.74) is 1.75. The van der Waals surface area contributed by atoms with Crippen molar-refractivity contribution in [3.8, 4) is 5.75 Å². The van der Waals surface area contributed by atoms with Crippen molar-refractivity contribution >= 4 is 39.0 Å². The van der Waals surface area contributed by atoms with Gasteiger partial charge in [0.15, 0.2) is 0 Å². The summed E-state index contributed by atoms with van der Waals surface area (Å²) in [5.74, 6) is 1.27. The van der Waals surface area contributed by atoms with E-state index in [-0.39, 0.29) is 6.61 Å². The number of aliphatic hydroxyl groups excluding tert-OH is 1. The zero-order chi connectivity index (χ0) is 21.7. The molecular formula is C21H33BrClN3O2. The lowest BCUT2D eigenvalue weighted by Crippen LogP contribution is -2.30. The molecule has 1 unspecified atom stereocenters. The number of rotatable bonds is 7. The number of ether oxygens (including phenoxy) is 1. The van der Waals surface area contributed by atoms with E-state index in [0.717, 1.165) is 10.0 Å². The average Bonchev–Trinajstić information content (AvgIpc) is 2.66. The SMILES string of the molecule is CC.CC.Cc1cnc(Nc2cc(Cl)ccc2OCC(O)CN(C)C)c(Br)c1. The number of benzene rings is 1. The number of likely N-dealkylation sites (N-methyl/N-ethyl adjacent to an activating group) is 1.